The summed E-state index contributed by atoms with van der Waals surface area (Å²) >= 11 is 0. The third-order valence-electron chi connectivity index (χ3n) is 6.26. The van der Waals surface area contributed by atoms with Crippen LogP contribution in [0.2, 0.25) is 0 Å². The zero-order chi connectivity index (χ0) is 27.3. The summed E-state index contributed by atoms with van der Waals surface area (Å²) in [6.45, 7) is 3.37. The van der Waals surface area contributed by atoms with Crippen molar-refractivity contribution in [3.63, 3.8) is 0 Å². The van der Waals surface area contributed by atoms with E-state index in [0.29, 0.717) is 22.2 Å². The summed E-state index contributed by atoms with van der Waals surface area (Å²) in [7, 11) is -2.61. The summed E-state index contributed by atoms with van der Waals surface area (Å²) in [5.74, 6) is -0.814. The quantitative estimate of drug-likeness (QED) is 0.148. The molecule has 0 bridgehead atoms. The number of carbonyl (C=O) groups is 1. The van der Waals surface area contributed by atoms with Crippen LogP contribution in [0.4, 0.5) is 0 Å². The van der Waals surface area contributed by atoms with Crippen molar-refractivity contribution in [2.75, 3.05) is 7.05 Å². The van der Waals surface area contributed by atoms with Crippen molar-refractivity contribution in [3.05, 3.63) is 59.7 Å². The number of imidazole rings is 1. The number of benzene rings is 3. The summed E-state index contributed by atoms with van der Waals surface area (Å²) in [5, 5.41) is 37.5. The van der Waals surface area contributed by atoms with Crippen LogP contribution in [0.25, 0.3) is 33.5 Å². The van der Waals surface area contributed by atoms with Gasteiger partial charge in [-0.3, -0.25) is 10.2 Å². The summed E-state index contributed by atoms with van der Waals surface area (Å²) in [6.07, 6.45) is 0. The Balaban J connectivity index is 2.04. The average Bonchev–Trinajstić information content (AvgIpc) is 3.26. The molecule has 0 saturated carbocycles. The van der Waals surface area contributed by atoms with Crippen LogP contribution < -0.4 is 16.2 Å². The first kappa shape index (κ1) is 25.7. The second-order valence-corrected chi connectivity index (χ2v) is 10.6. The van der Waals surface area contributed by atoms with E-state index in [1.165, 1.54) is 13.1 Å². The van der Waals surface area contributed by atoms with Gasteiger partial charge in [-0.1, -0.05) is 0 Å². The second kappa shape index (κ2) is 8.91. The highest BCUT2D eigenvalue weighted by molar-refractivity contribution is 7.89. The van der Waals surface area contributed by atoms with Gasteiger partial charge >= 0.3 is 0 Å². The van der Waals surface area contributed by atoms with Gasteiger partial charge in [-0.15, -0.1) is 0 Å². The molecule has 0 aliphatic rings. The number of aromatic nitrogens is 2. The highest BCUT2D eigenvalue weighted by atomic mass is 32.2. The van der Waals surface area contributed by atoms with Crippen LogP contribution in [-0.4, -0.2) is 47.4 Å². The fraction of sp³-hybridized carbons (Fsp3) is 0.160. The number of rotatable bonds is 6. The number of aromatic hydroxyl groups is 2. The molecular weight excluding hydrogens is 496 g/mol. The molecule has 37 heavy (non-hydrogen) atoms. The summed E-state index contributed by atoms with van der Waals surface area (Å²) in [4.78, 5) is 20.1. The summed E-state index contributed by atoms with van der Waals surface area (Å²) in [6, 6.07) is 11.5. The van der Waals surface area contributed by atoms with Crippen LogP contribution in [-0.2, 0) is 20.2 Å². The topological polar surface area (TPSA) is 208 Å². The molecule has 0 unspecified atom stereocenters. The molecule has 0 saturated heterocycles. The van der Waals surface area contributed by atoms with Crippen molar-refractivity contribution < 1.29 is 23.4 Å². The monoisotopic (exact) mass is 522 g/mol. The number of aromatic amines is 1. The minimum absolute atomic E-state index is 0.00481. The Morgan fingerprint density at radius 1 is 1.05 bits per heavy atom. The van der Waals surface area contributed by atoms with Crippen LogP contribution in [0, 0.1) is 5.41 Å². The molecule has 0 aliphatic carbocycles. The Morgan fingerprint density at radius 3 is 2.35 bits per heavy atom. The van der Waals surface area contributed by atoms with Crippen LogP contribution in [0.15, 0.2) is 53.4 Å². The number of H-pyrrole nitrogens is 1. The van der Waals surface area contributed by atoms with E-state index in [1.54, 1.807) is 38.1 Å². The molecule has 0 aliphatic heterocycles. The first-order valence-electron chi connectivity index (χ1n) is 11.0. The molecule has 1 heterocycles. The first-order chi connectivity index (χ1) is 17.2. The molecule has 12 heteroatoms. The zero-order valence-corrected chi connectivity index (χ0v) is 21.1. The van der Waals surface area contributed by atoms with Crippen LogP contribution in [0.3, 0.4) is 0 Å². The fourth-order valence-corrected chi connectivity index (χ4v) is 4.58. The fourth-order valence-electron chi connectivity index (χ4n) is 4.04. The second-order valence-electron chi connectivity index (χ2n) is 9.08. The number of hydrogen-bond donors (Lipinski definition) is 7. The highest BCUT2D eigenvalue weighted by Crippen LogP contribution is 2.44. The molecule has 3 aromatic carbocycles. The number of nitrogens with zero attached hydrogens (tertiary/aromatic N) is 1. The van der Waals surface area contributed by atoms with Gasteiger partial charge in [-0.2, -0.15) is 0 Å². The predicted octanol–water partition coefficient (Wildman–Crippen LogP) is 2.26. The first-order valence-corrected chi connectivity index (χ1v) is 12.6. The van der Waals surface area contributed by atoms with E-state index in [4.69, 9.17) is 16.3 Å². The SMILES string of the molecule is CNC(=O)C(C)(C)c1cc(-c2nc3ccc(C(=N)N)cc3[nH]2)c(O)c(-c2cc(S(N)(=O)=O)ccc2O)c1. The highest BCUT2D eigenvalue weighted by Gasteiger charge is 2.32. The van der Waals surface area contributed by atoms with Gasteiger partial charge in [0.1, 0.15) is 23.2 Å². The maximum Gasteiger partial charge on any atom is 0.238 e. The molecule has 1 amide bonds. The van der Waals surface area contributed by atoms with E-state index in [-0.39, 0.29) is 50.7 Å². The zero-order valence-electron chi connectivity index (χ0n) is 20.2. The van der Waals surface area contributed by atoms with Gasteiger partial charge in [0.15, 0.2) is 0 Å². The Kier molecular flexibility index (Phi) is 6.18. The third-order valence-corrected chi connectivity index (χ3v) is 7.17. The lowest BCUT2D eigenvalue weighted by molar-refractivity contribution is -0.125. The van der Waals surface area contributed by atoms with Gasteiger partial charge in [-0.05, 0) is 67.9 Å². The number of amides is 1. The van der Waals surface area contributed by atoms with E-state index in [0.717, 1.165) is 18.2 Å². The normalized spacial score (nSPS) is 12.0. The molecule has 1 aromatic heterocycles. The Bertz CT molecular complexity index is 1690. The predicted molar refractivity (Wildman–Crippen MR) is 140 cm³/mol. The molecule has 0 radical (unpaired) electrons. The number of nitrogen functional groups attached to an aromatic ring is 1. The van der Waals surface area contributed by atoms with Crippen molar-refractivity contribution in [1.29, 1.82) is 5.41 Å². The number of nitrogens with two attached hydrogens (primary N) is 2. The van der Waals surface area contributed by atoms with Gasteiger partial charge in [0, 0.05) is 23.7 Å². The number of sulfonamides is 1. The maximum absolute atomic E-state index is 12.7. The Hall–Kier alpha value is -4.42. The number of phenols is 2. The lowest BCUT2D eigenvalue weighted by Gasteiger charge is -2.25. The van der Waals surface area contributed by atoms with Crippen LogP contribution >= 0.6 is 0 Å². The number of nitrogens with one attached hydrogen (secondary N) is 3. The molecule has 0 fully saturated rings. The molecule has 0 atom stereocenters. The van der Waals surface area contributed by atoms with E-state index in [9.17, 15) is 23.4 Å². The van der Waals surface area contributed by atoms with E-state index < -0.39 is 15.4 Å². The van der Waals surface area contributed by atoms with E-state index in [1.807, 2.05) is 0 Å². The number of carbonyl (C=O) groups excluding carboxylic acids is 1. The molecule has 0 spiro atoms. The number of amidine groups is 1. The van der Waals surface area contributed by atoms with Crippen molar-refractivity contribution in [2.24, 2.45) is 10.9 Å². The number of hydrogen-bond acceptors (Lipinski definition) is 7. The van der Waals surface area contributed by atoms with Gasteiger partial charge in [0.05, 0.1) is 26.9 Å². The third kappa shape index (κ3) is 4.59. The van der Waals surface area contributed by atoms with Crippen molar-refractivity contribution >= 4 is 32.8 Å². The van der Waals surface area contributed by atoms with Crippen LogP contribution in [0.5, 0.6) is 11.5 Å². The molecule has 4 aromatic rings. The average molecular weight is 523 g/mol. The van der Waals surface area contributed by atoms with Gasteiger partial charge in [0.2, 0.25) is 15.9 Å². The van der Waals surface area contributed by atoms with Gasteiger partial charge in [0.25, 0.3) is 0 Å². The molecule has 192 valence electrons. The molecule has 4 rings (SSSR count). The van der Waals surface area contributed by atoms with Gasteiger partial charge < -0.3 is 26.2 Å². The summed E-state index contributed by atoms with van der Waals surface area (Å²) in [5.41, 5.74) is 6.79. The Labute approximate surface area is 212 Å². The standard InChI is InChI=1S/C25H26N6O5S/c1-25(2,24(34)29-3)13-9-16(15-11-14(37(28,35)36)5-7-20(15)32)21(33)17(10-13)23-30-18-6-4-12(22(26)27)8-19(18)31-23/h4-11,32-33H,1-3H3,(H3,26,27)(H,29,34)(H,30,31)(H2,28,35,36). The van der Waals surface area contributed by atoms with Crippen LogP contribution in [0.1, 0.15) is 25.0 Å². The van der Waals surface area contributed by atoms with Crippen molar-refractivity contribution in [3.8, 4) is 34.0 Å². The molecule has 9 N–H and O–H groups in total. The maximum atomic E-state index is 12.7. The number of fused-ring (bicyclic) bond motifs is 1. The lowest BCUT2D eigenvalue weighted by Crippen LogP contribution is -2.38. The van der Waals surface area contributed by atoms with Crippen molar-refractivity contribution in [2.45, 2.75) is 24.2 Å². The number of likely N-dealkylation sites (N-methyl/N-ethyl adjacent to an activating group) is 1. The van der Waals surface area contributed by atoms with Crippen molar-refractivity contribution in [1.82, 2.24) is 15.3 Å². The minimum atomic E-state index is -4.11. The number of phenolic OH excluding ortho intramolecular Hbond substituents is 2. The lowest BCUT2D eigenvalue weighted by atomic mass is 9.81. The minimum Gasteiger partial charge on any atom is -0.507 e. The molecular formula is C25H26N6O5S. The van der Waals surface area contributed by atoms with E-state index >= 15 is 0 Å². The Morgan fingerprint density at radius 2 is 1.73 bits per heavy atom. The summed E-state index contributed by atoms with van der Waals surface area (Å²) < 4.78 is 23.9. The van der Waals surface area contributed by atoms with Gasteiger partial charge in [-0.25, -0.2) is 18.5 Å². The van der Waals surface area contributed by atoms with E-state index in [2.05, 4.69) is 15.3 Å². The number of primary sulfonamides is 1. The smallest absolute Gasteiger partial charge is 0.238 e. The largest absolute Gasteiger partial charge is 0.507 e. The molecule has 11 nitrogen and oxygen atoms in total.